The Hall–Kier alpha value is -1.83. The average molecular weight is 249 g/mol. The van der Waals surface area contributed by atoms with Gasteiger partial charge in [-0.25, -0.2) is 5.11 Å². The first-order valence-electron chi connectivity index (χ1n) is 4.49. The minimum Gasteiger partial charge on any atom is -0.371 e. The van der Waals surface area contributed by atoms with Gasteiger partial charge in [-0.1, -0.05) is 6.07 Å². The minimum atomic E-state index is -4.47. The van der Waals surface area contributed by atoms with Crippen LogP contribution in [0.2, 0.25) is 0 Å². The quantitative estimate of drug-likeness (QED) is 0.658. The third-order valence-electron chi connectivity index (χ3n) is 1.90. The van der Waals surface area contributed by atoms with E-state index in [1.165, 1.54) is 6.07 Å². The SMILES string of the molecule is [O]Cc1ccc(NCC(F)(F)F)c([N+](=O)[O-])c1. The van der Waals surface area contributed by atoms with Crippen LogP contribution in [0.5, 0.6) is 0 Å². The maximum Gasteiger partial charge on any atom is 0.405 e. The fraction of sp³-hybridized carbons (Fsp3) is 0.333. The zero-order valence-electron chi connectivity index (χ0n) is 8.45. The predicted molar refractivity (Wildman–Crippen MR) is 52.0 cm³/mol. The summed E-state index contributed by atoms with van der Waals surface area (Å²) in [6.07, 6.45) is -4.47. The molecule has 0 bridgehead atoms. The molecule has 0 fully saturated rings. The number of hydrogen-bond acceptors (Lipinski definition) is 3. The summed E-state index contributed by atoms with van der Waals surface area (Å²) in [5.74, 6) is 0. The molecule has 0 aromatic heterocycles. The van der Waals surface area contributed by atoms with Crippen molar-refractivity contribution in [2.24, 2.45) is 0 Å². The molecule has 0 saturated heterocycles. The van der Waals surface area contributed by atoms with Gasteiger partial charge in [0.1, 0.15) is 18.8 Å². The minimum absolute atomic E-state index is 0.147. The van der Waals surface area contributed by atoms with Crippen LogP contribution < -0.4 is 5.32 Å². The molecule has 0 amide bonds. The van der Waals surface area contributed by atoms with Crippen LogP contribution in [0.4, 0.5) is 24.5 Å². The number of nitro benzene ring substituents is 1. The Morgan fingerprint density at radius 3 is 2.47 bits per heavy atom. The summed E-state index contributed by atoms with van der Waals surface area (Å²) < 4.78 is 35.8. The monoisotopic (exact) mass is 249 g/mol. The summed E-state index contributed by atoms with van der Waals surface area (Å²) in [4.78, 5) is 9.76. The van der Waals surface area contributed by atoms with Crippen LogP contribution in [0.25, 0.3) is 0 Å². The molecule has 0 unspecified atom stereocenters. The topological polar surface area (TPSA) is 75.1 Å². The number of benzene rings is 1. The van der Waals surface area contributed by atoms with Gasteiger partial charge in [0, 0.05) is 6.07 Å². The molecule has 0 saturated carbocycles. The summed E-state index contributed by atoms with van der Waals surface area (Å²) in [6.45, 7) is -2.04. The Balaban J connectivity index is 2.95. The van der Waals surface area contributed by atoms with Crippen LogP contribution in [-0.4, -0.2) is 17.6 Å². The van der Waals surface area contributed by atoms with Crippen molar-refractivity contribution in [2.45, 2.75) is 12.8 Å². The lowest BCUT2D eigenvalue weighted by molar-refractivity contribution is -0.384. The van der Waals surface area contributed by atoms with Crippen molar-refractivity contribution in [3.63, 3.8) is 0 Å². The van der Waals surface area contributed by atoms with Gasteiger partial charge in [-0.2, -0.15) is 13.2 Å². The van der Waals surface area contributed by atoms with Crippen LogP contribution in [0.3, 0.4) is 0 Å². The highest BCUT2D eigenvalue weighted by Crippen LogP contribution is 2.27. The normalized spacial score (nSPS) is 11.3. The van der Waals surface area contributed by atoms with Crippen molar-refractivity contribution >= 4 is 11.4 Å². The molecule has 8 heteroatoms. The summed E-state index contributed by atoms with van der Waals surface area (Å²) in [6, 6.07) is 3.31. The first-order valence-corrected chi connectivity index (χ1v) is 4.49. The van der Waals surface area contributed by atoms with Gasteiger partial charge in [0.15, 0.2) is 0 Å². The van der Waals surface area contributed by atoms with Gasteiger partial charge < -0.3 is 5.32 Å². The fourth-order valence-electron chi connectivity index (χ4n) is 1.16. The zero-order valence-corrected chi connectivity index (χ0v) is 8.45. The van der Waals surface area contributed by atoms with Crippen molar-refractivity contribution in [1.82, 2.24) is 0 Å². The van der Waals surface area contributed by atoms with Gasteiger partial charge in [0.2, 0.25) is 0 Å². The van der Waals surface area contributed by atoms with E-state index >= 15 is 0 Å². The first-order chi connectivity index (χ1) is 7.83. The Morgan fingerprint density at radius 2 is 2.00 bits per heavy atom. The maximum absolute atomic E-state index is 11.9. The molecule has 1 N–H and O–H groups in total. The Labute approximate surface area is 94.0 Å². The summed E-state index contributed by atoms with van der Waals surface area (Å²) in [5, 5.41) is 23.0. The van der Waals surface area contributed by atoms with E-state index < -0.39 is 29.9 Å². The standard InChI is InChI=1S/C9H8F3N2O3/c10-9(11,12)5-13-7-2-1-6(4-15)3-8(7)14(16)17/h1-3,13H,4-5H2. The molecule has 1 aromatic rings. The lowest BCUT2D eigenvalue weighted by atomic mass is 10.2. The smallest absolute Gasteiger partial charge is 0.371 e. The van der Waals surface area contributed by atoms with Crippen LogP contribution in [0, 0.1) is 10.1 Å². The van der Waals surface area contributed by atoms with Crippen molar-refractivity contribution in [2.75, 3.05) is 11.9 Å². The Morgan fingerprint density at radius 1 is 1.35 bits per heavy atom. The molecule has 1 rings (SSSR count). The molecule has 0 heterocycles. The molecular formula is C9H8F3N2O3. The van der Waals surface area contributed by atoms with Gasteiger partial charge in [0.25, 0.3) is 5.69 Å². The lowest BCUT2D eigenvalue weighted by Crippen LogP contribution is -2.21. The average Bonchev–Trinajstić information content (AvgIpc) is 2.25. The number of rotatable bonds is 4. The van der Waals surface area contributed by atoms with E-state index in [9.17, 15) is 28.4 Å². The van der Waals surface area contributed by atoms with Crippen molar-refractivity contribution in [1.29, 1.82) is 0 Å². The number of hydrogen-bond donors (Lipinski definition) is 1. The van der Waals surface area contributed by atoms with Crippen LogP contribution in [-0.2, 0) is 11.7 Å². The van der Waals surface area contributed by atoms with E-state index in [4.69, 9.17) is 0 Å². The second-order valence-electron chi connectivity index (χ2n) is 3.22. The van der Waals surface area contributed by atoms with Gasteiger partial charge in [-0.05, 0) is 11.6 Å². The largest absolute Gasteiger partial charge is 0.405 e. The summed E-state index contributed by atoms with van der Waals surface area (Å²) in [5.41, 5.74) is -0.651. The second-order valence-corrected chi connectivity index (χ2v) is 3.22. The maximum atomic E-state index is 11.9. The van der Waals surface area contributed by atoms with E-state index in [0.29, 0.717) is 0 Å². The van der Waals surface area contributed by atoms with Crippen LogP contribution >= 0.6 is 0 Å². The van der Waals surface area contributed by atoms with E-state index in [1.807, 2.05) is 5.32 Å². The van der Waals surface area contributed by atoms with Gasteiger partial charge in [-0.3, -0.25) is 10.1 Å². The molecule has 0 aliphatic carbocycles. The van der Waals surface area contributed by atoms with Crippen molar-refractivity contribution in [3.05, 3.63) is 33.9 Å². The molecule has 1 aromatic carbocycles. The number of nitro groups is 1. The lowest BCUT2D eigenvalue weighted by Gasteiger charge is -2.10. The van der Waals surface area contributed by atoms with E-state index in [1.54, 1.807) is 0 Å². The highest BCUT2D eigenvalue weighted by Gasteiger charge is 2.28. The molecule has 5 nitrogen and oxygen atoms in total. The molecule has 0 aliphatic heterocycles. The third-order valence-corrected chi connectivity index (χ3v) is 1.90. The molecular weight excluding hydrogens is 241 g/mol. The van der Waals surface area contributed by atoms with Crippen LogP contribution in [0.15, 0.2) is 18.2 Å². The van der Waals surface area contributed by atoms with E-state index in [0.717, 1.165) is 12.1 Å². The number of alkyl halides is 3. The predicted octanol–water partition coefficient (Wildman–Crippen LogP) is 2.50. The number of nitrogens with one attached hydrogen (secondary N) is 1. The zero-order chi connectivity index (χ0) is 13.1. The van der Waals surface area contributed by atoms with Crippen molar-refractivity contribution in [3.8, 4) is 0 Å². The summed E-state index contributed by atoms with van der Waals surface area (Å²) >= 11 is 0. The van der Waals surface area contributed by atoms with Crippen LogP contribution in [0.1, 0.15) is 5.56 Å². The number of anilines is 1. The third kappa shape index (κ3) is 3.91. The number of halogens is 3. The second kappa shape index (κ2) is 5.00. The molecule has 0 atom stereocenters. The fourth-order valence-corrected chi connectivity index (χ4v) is 1.16. The summed E-state index contributed by atoms with van der Waals surface area (Å²) in [7, 11) is 0. The van der Waals surface area contributed by atoms with Gasteiger partial charge >= 0.3 is 6.18 Å². The Bertz CT molecular complexity index is 420. The number of nitrogens with zero attached hydrogens (tertiary/aromatic N) is 1. The van der Waals surface area contributed by atoms with Crippen molar-refractivity contribution < 1.29 is 23.2 Å². The molecule has 0 spiro atoms. The molecule has 17 heavy (non-hydrogen) atoms. The Kier molecular flexibility index (Phi) is 3.89. The first kappa shape index (κ1) is 13.2. The highest BCUT2D eigenvalue weighted by atomic mass is 19.4. The van der Waals surface area contributed by atoms with E-state index in [-0.39, 0.29) is 11.3 Å². The van der Waals surface area contributed by atoms with Gasteiger partial charge in [-0.15, -0.1) is 0 Å². The highest BCUT2D eigenvalue weighted by molar-refractivity contribution is 5.62. The molecule has 93 valence electrons. The van der Waals surface area contributed by atoms with E-state index in [2.05, 4.69) is 0 Å². The van der Waals surface area contributed by atoms with Gasteiger partial charge in [0.05, 0.1) is 4.92 Å². The molecule has 0 aliphatic rings. The molecule has 1 radical (unpaired) electrons.